The third-order valence-electron chi connectivity index (χ3n) is 5.36. The van der Waals surface area contributed by atoms with E-state index in [4.69, 9.17) is 0 Å². The van der Waals surface area contributed by atoms with E-state index in [1.165, 1.54) is 10.4 Å². The molecule has 7 heteroatoms. The molecule has 25 heavy (non-hydrogen) atoms. The van der Waals surface area contributed by atoms with Gasteiger partial charge in [-0.15, -0.1) is 11.3 Å². The molecule has 1 saturated heterocycles. The van der Waals surface area contributed by atoms with Crippen LogP contribution in [0.5, 0.6) is 0 Å². The average molecular weight is 359 g/mol. The lowest BCUT2D eigenvalue weighted by Gasteiger charge is -2.19. The van der Waals surface area contributed by atoms with E-state index in [1.807, 2.05) is 12.4 Å². The van der Waals surface area contributed by atoms with Gasteiger partial charge in [0.2, 0.25) is 5.95 Å². The fourth-order valence-electron chi connectivity index (χ4n) is 3.80. The first-order chi connectivity index (χ1) is 12.1. The number of aryl methyl sites for hydroxylation is 1. The lowest BCUT2D eigenvalue weighted by atomic mass is 9.88. The van der Waals surface area contributed by atoms with Crippen molar-refractivity contribution < 1.29 is 4.79 Å². The zero-order valence-corrected chi connectivity index (χ0v) is 15.7. The van der Waals surface area contributed by atoms with Crippen molar-refractivity contribution in [2.75, 3.05) is 18.4 Å². The summed E-state index contributed by atoms with van der Waals surface area (Å²) in [7, 11) is 1.85. The van der Waals surface area contributed by atoms with E-state index in [0.29, 0.717) is 17.8 Å². The largest absolute Gasteiger partial charge is 0.317 e. The van der Waals surface area contributed by atoms with Gasteiger partial charge in [0.1, 0.15) is 0 Å². The first kappa shape index (κ1) is 16.7. The molecular formula is C18H25N5OS. The zero-order chi connectivity index (χ0) is 17.4. The fraction of sp³-hybridized carbons (Fsp3) is 0.611. The highest BCUT2D eigenvalue weighted by Gasteiger charge is 2.25. The van der Waals surface area contributed by atoms with Gasteiger partial charge in [0, 0.05) is 23.2 Å². The Morgan fingerprint density at radius 2 is 2.16 bits per heavy atom. The molecule has 0 spiro atoms. The van der Waals surface area contributed by atoms with Crippen LogP contribution in [0.15, 0.2) is 5.38 Å². The van der Waals surface area contributed by atoms with Crippen LogP contribution in [-0.2, 0) is 19.9 Å². The molecule has 2 N–H and O–H groups in total. The van der Waals surface area contributed by atoms with Gasteiger partial charge in [-0.25, -0.2) is 4.68 Å². The van der Waals surface area contributed by atoms with Gasteiger partial charge in [-0.1, -0.05) is 6.92 Å². The van der Waals surface area contributed by atoms with Crippen molar-refractivity contribution in [3.8, 4) is 0 Å². The number of anilines is 1. The monoisotopic (exact) mass is 359 g/mol. The summed E-state index contributed by atoms with van der Waals surface area (Å²) in [5, 5.41) is 12.9. The van der Waals surface area contributed by atoms with Gasteiger partial charge in [0.25, 0.3) is 5.91 Å². The maximum Gasteiger partial charge on any atom is 0.259 e. The minimum absolute atomic E-state index is 0.0561. The van der Waals surface area contributed by atoms with E-state index in [9.17, 15) is 4.79 Å². The smallest absolute Gasteiger partial charge is 0.259 e. The highest BCUT2D eigenvalue weighted by Crippen LogP contribution is 2.33. The lowest BCUT2D eigenvalue weighted by molar-refractivity contribution is 0.102. The summed E-state index contributed by atoms with van der Waals surface area (Å²) in [5.41, 5.74) is 2.06. The van der Waals surface area contributed by atoms with Crippen LogP contribution >= 0.6 is 11.3 Å². The Bertz CT molecular complexity index is 775. The quantitative estimate of drug-likeness (QED) is 0.884. The van der Waals surface area contributed by atoms with E-state index >= 15 is 0 Å². The first-order valence-electron chi connectivity index (χ1n) is 9.14. The first-order valence-corrected chi connectivity index (χ1v) is 10.0. The van der Waals surface area contributed by atoms with Gasteiger partial charge in [-0.05, 0) is 56.7 Å². The second-order valence-corrected chi connectivity index (χ2v) is 8.26. The second-order valence-electron chi connectivity index (χ2n) is 7.29. The number of aromatic nitrogens is 3. The van der Waals surface area contributed by atoms with E-state index in [1.54, 1.807) is 16.0 Å². The van der Waals surface area contributed by atoms with Gasteiger partial charge in [0.15, 0.2) is 5.82 Å². The number of hydrogen-bond acceptors (Lipinski definition) is 5. The molecule has 1 atom stereocenters. The Hall–Kier alpha value is -1.73. The molecular weight excluding hydrogens is 334 g/mol. The van der Waals surface area contributed by atoms with Crippen molar-refractivity contribution in [2.24, 2.45) is 13.0 Å². The standard InChI is InChI=1S/C18H25N5OS/c1-11-3-4-13-14(10-25-15(13)9-11)17(24)21-18-20-16(22-23(18)2)12-5-7-19-8-6-12/h10-12,19H,3-9H2,1-2H3,(H,20,21,22,24). The fourth-order valence-corrected chi connectivity index (χ4v) is 5.05. The van der Waals surface area contributed by atoms with Gasteiger partial charge in [-0.3, -0.25) is 10.1 Å². The molecule has 2 aromatic heterocycles. The van der Waals surface area contributed by atoms with Crippen molar-refractivity contribution in [2.45, 2.75) is 44.9 Å². The molecule has 0 radical (unpaired) electrons. The normalized spacial score (nSPS) is 21.1. The minimum atomic E-state index is -0.0561. The number of fused-ring (bicyclic) bond motifs is 1. The van der Waals surface area contributed by atoms with Gasteiger partial charge in [-0.2, -0.15) is 10.1 Å². The number of rotatable bonds is 3. The van der Waals surface area contributed by atoms with E-state index in [0.717, 1.165) is 56.6 Å². The third kappa shape index (κ3) is 3.35. The molecule has 0 aromatic carbocycles. The highest BCUT2D eigenvalue weighted by atomic mass is 32.1. The number of amides is 1. The van der Waals surface area contributed by atoms with Crippen molar-refractivity contribution in [1.29, 1.82) is 0 Å². The summed E-state index contributed by atoms with van der Waals surface area (Å²) in [6.07, 6.45) is 5.36. The molecule has 1 unspecified atom stereocenters. The lowest BCUT2D eigenvalue weighted by Crippen LogP contribution is -2.27. The van der Waals surface area contributed by atoms with Crippen LogP contribution in [-0.4, -0.2) is 33.8 Å². The molecule has 2 aromatic rings. The second kappa shape index (κ2) is 6.88. The van der Waals surface area contributed by atoms with E-state index in [2.05, 4.69) is 27.6 Å². The molecule has 134 valence electrons. The number of piperidine rings is 1. The Labute approximate surface area is 152 Å². The number of carbonyl (C=O) groups excluding carboxylic acids is 1. The van der Waals surface area contributed by atoms with Crippen LogP contribution in [0.4, 0.5) is 5.95 Å². The van der Waals surface area contributed by atoms with E-state index < -0.39 is 0 Å². The van der Waals surface area contributed by atoms with Crippen molar-refractivity contribution in [3.05, 3.63) is 27.2 Å². The Morgan fingerprint density at radius 1 is 1.36 bits per heavy atom. The van der Waals surface area contributed by atoms with Crippen LogP contribution in [0, 0.1) is 5.92 Å². The van der Waals surface area contributed by atoms with Gasteiger partial charge in [0.05, 0.1) is 5.56 Å². The molecule has 0 saturated carbocycles. The number of nitrogens with zero attached hydrogens (tertiary/aromatic N) is 3. The maximum atomic E-state index is 12.8. The van der Waals surface area contributed by atoms with Crippen molar-refractivity contribution in [1.82, 2.24) is 20.1 Å². The summed E-state index contributed by atoms with van der Waals surface area (Å²) in [6, 6.07) is 0. The summed E-state index contributed by atoms with van der Waals surface area (Å²) in [4.78, 5) is 18.7. The van der Waals surface area contributed by atoms with E-state index in [-0.39, 0.29) is 5.91 Å². The topological polar surface area (TPSA) is 71.8 Å². The Kier molecular flexibility index (Phi) is 4.60. The summed E-state index contributed by atoms with van der Waals surface area (Å²) >= 11 is 1.72. The highest BCUT2D eigenvalue weighted by molar-refractivity contribution is 7.10. The third-order valence-corrected chi connectivity index (χ3v) is 6.41. The molecule has 6 nitrogen and oxygen atoms in total. The number of thiophene rings is 1. The SMILES string of the molecule is CC1CCc2c(C(=O)Nc3nc(C4CCNCC4)nn3C)csc2C1. The van der Waals surface area contributed by atoms with Crippen LogP contribution in [0.25, 0.3) is 0 Å². The Balaban J connectivity index is 1.51. The summed E-state index contributed by atoms with van der Waals surface area (Å²) < 4.78 is 1.69. The molecule has 4 rings (SSSR count). The maximum absolute atomic E-state index is 12.8. The van der Waals surface area contributed by atoms with Crippen molar-refractivity contribution in [3.63, 3.8) is 0 Å². The predicted octanol–water partition coefficient (Wildman–Crippen LogP) is 2.72. The molecule has 1 aliphatic heterocycles. The molecule has 1 amide bonds. The molecule has 2 aliphatic rings. The minimum Gasteiger partial charge on any atom is -0.317 e. The average Bonchev–Trinajstić information content (AvgIpc) is 3.19. The van der Waals surface area contributed by atoms with Crippen molar-refractivity contribution >= 4 is 23.2 Å². The number of carbonyl (C=O) groups is 1. The number of nitrogens with one attached hydrogen (secondary N) is 2. The summed E-state index contributed by atoms with van der Waals surface area (Å²) in [5.74, 6) is 2.43. The number of hydrogen-bond donors (Lipinski definition) is 2. The molecule has 1 aliphatic carbocycles. The predicted molar refractivity (Wildman–Crippen MR) is 99.3 cm³/mol. The van der Waals surface area contributed by atoms with Gasteiger partial charge >= 0.3 is 0 Å². The molecule has 3 heterocycles. The zero-order valence-electron chi connectivity index (χ0n) is 14.8. The molecule has 1 fully saturated rings. The summed E-state index contributed by atoms with van der Waals surface area (Å²) in [6.45, 7) is 4.29. The van der Waals surface area contributed by atoms with Crippen LogP contribution in [0.3, 0.4) is 0 Å². The van der Waals surface area contributed by atoms with Gasteiger partial charge < -0.3 is 5.32 Å². The van der Waals surface area contributed by atoms with Crippen LogP contribution in [0.2, 0.25) is 0 Å². The molecule has 0 bridgehead atoms. The van der Waals surface area contributed by atoms with Crippen LogP contribution < -0.4 is 10.6 Å². The van der Waals surface area contributed by atoms with Crippen LogP contribution in [0.1, 0.15) is 58.7 Å². The Morgan fingerprint density at radius 3 is 2.96 bits per heavy atom.